The molecule has 0 saturated heterocycles. The Labute approximate surface area is 93.8 Å². The lowest BCUT2D eigenvalue weighted by Crippen LogP contribution is -2.51. The van der Waals surface area contributed by atoms with Crippen LogP contribution in [0.1, 0.15) is 26.2 Å². The number of carbonyl (C=O) groups excluding carboxylic acids is 1. The van der Waals surface area contributed by atoms with Crippen LogP contribution in [0.15, 0.2) is 0 Å². The van der Waals surface area contributed by atoms with E-state index < -0.39 is 31.0 Å². The molecule has 0 aliphatic heterocycles. The molecule has 8 heteroatoms. The maximum atomic E-state index is 11.4. The number of carboxylic acids is 1. The topological polar surface area (TPSA) is 133 Å². The van der Waals surface area contributed by atoms with Crippen LogP contribution < -0.4 is 11.1 Å². The van der Waals surface area contributed by atoms with E-state index in [9.17, 15) is 9.59 Å². The van der Waals surface area contributed by atoms with Gasteiger partial charge in [-0.2, -0.15) is 0 Å². The molecular weight excluding hydrogens is 215 g/mol. The molecule has 7 nitrogen and oxygen atoms in total. The molecule has 0 fully saturated rings. The zero-order valence-corrected chi connectivity index (χ0v) is 9.09. The summed E-state index contributed by atoms with van der Waals surface area (Å²) in [5, 5.41) is 28.5. The largest absolute Gasteiger partial charge is 0.481 e. The van der Waals surface area contributed by atoms with Gasteiger partial charge in [0.2, 0.25) is 5.91 Å². The Morgan fingerprint density at radius 3 is 2.38 bits per heavy atom. The summed E-state index contributed by atoms with van der Waals surface area (Å²) < 4.78 is 0. The van der Waals surface area contributed by atoms with Crippen molar-refractivity contribution in [2.45, 2.75) is 38.2 Å². The van der Waals surface area contributed by atoms with Crippen molar-refractivity contribution in [3.8, 4) is 0 Å². The summed E-state index contributed by atoms with van der Waals surface area (Å²) in [6.45, 7) is 1.67. The van der Waals surface area contributed by atoms with Crippen LogP contribution in [0.25, 0.3) is 0 Å². The van der Waals surface area contributed by atoms with E-state index in [1.807, 2.05) is 0 Å². The fourth-order valence-electron chi connectivity index (χ4n) is 1.09. The molecule has 6 N–H and O–H groups in total. The third-order valence-corrected chi connectivity index (χ3v) is 2.13. The predicted octanol–water partition coefficient (Wildman–Crippen LogP) is -1.91. The van der Waals surface area contributed by atoms with Crippen LogP contribution in [0.5, 0.6) is 0 Å². The lowest BCUT2D eigenvalue weighted by molar-refractivity contribution is -0.137. The van der Waals surface area contributed by atoms with Crippen molar-refractivity contribution in [3.05, 3.63) is 0 Å². The molecule has 0 bridgehead atoms. The number of hydrogen-bond acceptors (Lipinski definition) is 5. The summed E-state index contributed by atoms with van der Waals surface area (Å²) in [5.74, 6) is -2.40. The summed E-state index contributed by atoms with van der Waals surface area (Å²) in [4.78, 5) is 21.6. The van der Waals surface area contributed by atoms with Crippen LogP contribution in [-0.4, -0.2) is 46.1 Å². The van der Waals surface area contributed by atoms with E-state index in [4.69, 9.17) is 20.9 Å². The van der Waals surface area contributed by atoms with Gasteiger partial charge >= 0.3 is 13.1 Å². The molecule has 0 unspecified atom stereocenters. The van der Waals surface area contributed by atoms with E-state index in [-0.39, 0.29) is 12.8 Å². The molecule has 0 rings (SSSR count). The average molecular weight is 232 g/mol. The summed E-state index contributed by atoms with van der Waals surface area (Å²) in [7, 11) is -1.65. The molecular formula is C8H17BN2O5. The summed E-state index contributed by atoms with van der Waals surface area (Å²) in [5.41, 5.74) is 5.43. The molecule has 92 valence electrons. The van der Waals surface area contributed by atoms with E-state index in [0.717, 1.165) is 0 Å². The average Bonchev–Trinajstić information content (AvgIpc) is 2.21. The lowest BCUT2D eigenvalue weighted by Gasteiger charge is -2.18. The molecule has 1 amide bonds. The van der Waals surface area contributed by atoms with Crippen molar-refractivity contribution < 1.29 is 24.7 Å². The van der Waals surface area contributed by atoms with Gasteiger partial charge in [-0.1, -0.05) is 6.92 Å². The Morgan fingerprint density at radius 1 is 1.44 bits per heavy atom. The zero-order valence-electron chi connectivity index (χ0n) is 9.09. The number of nitrogens with one attached hydrogen (secondary N) is 1. The van der Waals surface area contributed by atoms with E-state index in [1.165, 1.54) is 0 Å². The van der Waals surface area contributed by atoms with Crippen LogP contribution in [0, 0.1) is 0 Å². The van der Waals surface area contributed by atoms with Gasteiger partial charge in [0.05, 0.1) is 12.0 Å². The molecule has 0 aromatic carbocycles. The van der Waals surface area contributed by atoms with Gasteiger partial charge in [-0.15, -0.1) is 0 Å². The number of amides is 1. The number of aliphatic carboxylic acids is 1. The number of carboxylic acid groups (broad SMARTS) is 1. The molecule has 0 aromatic rings. The Morgan fingerprint density at radius 2 is 2.00 bits per heavy atom. The van der Waals surface area contributed by atoms with Crippen molar-refractivity contribution in [2.75, 3.05) is 0 Å². The van der Waals surface area contributed by atoms with Gasteiger partial charge in [-0.05, 0) is 12.8 Å². The van der Waals surface area contributed by atoms with E-state index >= 15 is 0 Å². The highest BCUT2D eigenvalue weighted by Gasteiger charge is 2.25. The molecule has 0 saturated carbocycles. The highest BCUT2D eigenvalue weighted by atomic mass is 16.4. The third kappa shape index (κ3) is 5.69. The van der Waals surface area contributed by atoms with Crippen LogP contribution in [0.3, 0.4) is 0 Å². The van der Waals surface area contributed by atoms with Crippen molar-refractivity contribution in [1.82, 2.24) is 5.32 Å². The van der Waals surface area contributed by atoms with Gasteiger partial charge < -0.3 is 26.2 Å². The molecule has 0 spiro atoms. The smallest absolute Gasteiger partial charge is 0.475 e. The minimum absolute atomic E-state index is 0.0130. The van der Waals surface area contributed by atoms with Crippen molar-refractivity contribution >= 4 is 19.0 Å². The molecule has 0 aromatic heterocycles. The van der Waals surface area contributed by atoms with Crippen LogP contribution in [-0.2, 0) is 9.59 Å². The van der Waals surface area contributed by atoms with E-state index in [2.05, 4.69) is 5.32 Å². The monoisotopic (exact) mass is 232 g/mol. The highest BCUT2D eigenvalue weighted by Crippen LogP contribution is 1.98. The molecule has 0 aliphatic rings. The fourth-order valence-corrected chi connectivity index (χ4v) is 1.09. The number of rotatable bonds is 7. The first-order valence-electron chi connectivity index (χ1n) is 5.02. The summed E-state index contributed by atoms with van der Waals surface area (Å²) in [6.07, 6.45) is 0.154. The predicted molar refractivity (Wildman–Crippen MR) is 57.3 cm³/mol. The van der Waals surface area contributed by atoms with Crippen molar-refractivity contribution in [3.63, 3.8) is 0 Å². The van der Waals surface area contributed by atoms with Gasteiger partial charge in [-0.3, -0.25) is 9.59 Å². The second-order valence-corrected chi connectivity index (χ2v) is 3.48. The Balaban J connectivity index is 4.08. The van der Waals surface area contributed by atoms with Crippen LogP contribution in [0.4, 0.5) is 0 Å². The summed E-state index contributed by atoms with van der Waals surface area (Å²) >= 11 is 0. The maximum absolute atomic E-state index is 11.4. The first-order valence-corrected chi connectivity index (χ1v) is 5.02. The second-order valence-electron chi connectivity index (χ2n) is 3.48. The van der Waals surface area contributed by atoms with Gasteiger partial charge in [-0.25, -0.2) is 0 Å². The van der Waals surface area contributed by atoms with Crippen LogP contribution in [0.2, 0.25) is 0 Å². The van der Waals surface area contributed by atoms with Gasteiger partial charge in [0.15, 0.2) is 0 Å². The summed E-state index contributed by atoms with van der Waals surface area (Å²) in [6, 6.07) is -0.955. The van der Waals surface area contributed by atoms with Gasteiger partial charge in [0.25, 0.3) is 0 Å². The Kier molecular flexibility index (Phi) is 6.70. The standard InChI is InChI=1S/C8H17BN2O5/c1-2-6(9(15)16)11-8(14)5(10)3-4-7(12)13/h5-6,15-16H,2-4,10H2,1H3,(H,11,14)(H,12,13)/t5-,6-/m0/s1. The SMILES string of the molecule is CC[C@H](NC(=O)[C@@H](N)CCC(=O)O)B(O)O. The second kappa shape index (κ2) is 7.21. The minimum Gasteiger partial charge on any atom is -0.481 e. The first-order chi connectivity index (χ1) is 7.38. The van der Waals surface area contributed by atoms with Crippen LogP contribution >= 0.6 is 0 Å². The van der Waals surface area contributed by atoms with Crippen molar-refractivity contribution in [2.24, 2.45) is 5.73 Å². The fraction of sp³-hybridized carbons (Fsp3) is 0.750. The first kappa shape index (κ1) is 14.9. The number of carbonyl (C=O) groups is 2. The lowest BCUT2D eigenvalue weighted by atomic mass is 9.77. The van der Waals surface area contributed by atoms with Gasteiger partial charge in [0, 0.05) is 6.42 Å². The molecule has 0 radical (unpaired) electrons. The Hall–Kier alpha value is -1.12. The molecule has 16 heavy (non-hydrogen) atoms. The van der Waals surface area contributed by atoms with Gasteiger partial charge in [0.1, 0.15) is 0 Å². The quantitative estimate of drug-likeness (QED) is 0.325. The normalized spacial score (nSPS) is 14.0. The third-order valence-electron chi connectivity index (χ3n) is 2.13. The zero-order chi connectivity index (χ0) is 12.7. The van der Waals surface area contributed by atoms with Crippen molar-refractivity contribution in [1.29, 1.82) is 0 Å². The molecule has 0 aliphatic carbocycles. The number of hydrogen-bond donors (Lipinski definition) is 5. The molecule has 2 atom stereocenters. The Bertz CT molecular complexity index is 249. The van der Waals surface area contributed by atoms with E-state index in [0.29, 0.717) is 6.42 Å². The van der Waals surface area contributed by atoms with E-state index in [1.54, 1.807) is 6.92 Å². The molecule has 0 heterocycles. The maximum Gasteiger partial charge on any atom is 0.475 e. The highest BCUT2D eigenvalue weighted by molar-refractivity contribution is 6.43. The minimum atomic E-state index is -1.65. The number of nitrogens with two attached hydrogens (primary N) is 1.